The van der Waals surface area contributed by atoms with Crippen LogP contribution in [0, 0.1) is 0 Å². The number of carboxylic acids is 1. The third-order valence-electron chi connectivity index (χ3n) is 2.38. The fraction of sp³-hybridized carbons (Fsp3) is 0.0909. The number of hydrogen-bond acceptors (Lipinski definition) is 2. The van der Waals surface area contributed by atoms with Gasteiger partial charge in [-0.05, 0) is 24.3 Å². The molecule has 0 saturated heterocycles. The molecule has 2 N–H and O–H groups in total. The summed E-state index contributed by atoms with van der Waals surface area (Å²) in [6.45, 7) is 0. The van der Waals surface area contributed by atoms with E-state index in [-0.39, 0.29) is 22.0 Å². The van der Waals surface area contributed by atoms with Crippen LogP contribution in [-0.2, 0) is 6.18 Å². The number of halogens is 4. The van der Waals surface area contributed by atoms with Gasteiger partial charge in [-0.25, -0.2) is 4.79 Å². The summed E-state index contributed by atoms with van der Waals surface area (Å²) in [5.41, 5.74) is -1.07. The fourth-order valence-electron chi connectivity index (χ4n) is 1.47. The topological polar surface area (TPSA) is 66.0 Å². The smallest absolute Gasteiger partial charge is 0.416 e. The maximum atomic E-state index is 12.6. The SMILES string of the molecule is O=C(O)c1cc(-c2cc(C(F)(F)F)ccc2Cl)n[nH]1. The molecule has 0 atom stereocenters. The van der Waals surface area contributed by atoms with Crippen LogP contribution >= 0.6 is 11.6 Å². The van der Waals surface area contributed by atoms with Gasteiger partial charge in [-0.3, -0.25) is 5.10 Å². The molecule has 1 aromatic heterocycles. The average molecular weight is 291 g/mol. The van der Waals surface area contributed by atoms with Crippen molar-refractivity contribution in [2.75, 3.05) is 0 Å². The Hall–Kier alpha value is -2.02. The number of aromatic amines is 1. The summed E-state index contributed by atoms with van der Waals surface area (Å²) in [5, 5.41) is 14.6. The molecule has 100 valence electrons. The second-order valence-corrected chi connectivity index (χ2v) is 4.07. The number of nitrogens with zero attached hydrogens (tertiary/aromatic N) is 1. The molecule has 2 aromatic rings. The van der Waals surface area contributed by atoms with E-state index in [1.54, 1.807) is 0 Å². The second kappa shape index (κ2) is 4.58. The molecular weight excluding hydrogens is 285 g/mol. The fourth-order valence-corrected chi connectivity index (χ4v) is 1.68. The number of H-pyrrole nitrogens is 1. The van der Waals surface area contributed by atoms with Crippen LogP contribution in [0.1, 0.15) is 16.1 Å². The molecule has 4 nitrogen and oxygen atoms in total. The van der Waals surface area contributed by atoms with Crippen molar-refractivity contribution in [3.05, 3.63) is 40.5 Å². The summed E-state index contributed by atoms with van der Waals surface area (Å²) in [4.78, 5) is 10.7. The van der Waals surface area contributed by atoms with Crippen molar-refractivity contribution in [3.63, 3.8) is 0 Å². The second-order valence-electron chi connectivity index (χ2n) is 3.66. The van der Waals surface area contributed by atoms with E-state index in [0.29, 0.717) is 0 Å². The number of carboxylic acid groups (broad SMARTS) is 1. The van der Waals surface area contributed by atoms with Crippen LogP contribution in [0.3, 0.4) is 0 Å². The highest BCUT2D eigenvalue weighted by Gasteiger charge is 2.31. The molecule has 0 fully saturated rings. The molecule has 19 heavy (non-hydrogen) atoms. The molecule has 8 heteroatoms. The maximum Gasteiger partial charge on any atom is 0.416 e. The third-order valence-corrected chi connectivity index (χ3v) is 2.71. The number of benzene rings is 1. The molecule has 2 rings (SSSR count). The summed E-state index contributed by atoms with van der Waals surface area (Å²) < 4.78 is 37.7. The first-order valence-electron chi connectivity index (χ1n) is 4.95. The van der Waals surface area contributed by atoms with E-state index < -0.39 is 17.7 Å². The number of hydrogen-bond donors (Lipinski definition) is 2. The summed E-state index contributed by atoms with van der Waals surface area (Å²) in [5.74, 6) is -1.26. The van der Waals surface area contributed by atoms with E-state index in [4.69, 9.17) is 16.7 Å². The lowest BCUT2D eigenvalue weighted by Gasteiger charge is -2.08. The first-order valence-corrected chi connectivity index (χ1v) is 5.32. The number of rotatable bonds is 2. The van der Waals surface area contributed by atoms with Gasteiger partial charge in [-0.15, -0.1) is 0 Å². The van der Waals surface area contributed by atoms with Gasteiger partial charge in [-0.1, -0.05) is 11.6 Å². The van der Waals surface area contributed by atoms with Crippen molar-refractivity contribution >= 4 is 17.6 Å². The zero-order chi connectivity index (χ0) is 14.2. The highest BCUT2D eigenvalue weighted by molar-refractivity contribution is 6.33. The molecule has 1 heterocycles. The molecule has 0 bridgehead atoms. The van der Waals surface area contributed by atoms with E-state index in [0.717, 1.165) is 24.3 Å². The van der Waals surface area contributed by atoms with E-state index in [2.05, 4.69) is 10.2 Å². The van der Waals surface area contributed by atoms with Crippen LogP contribution < -0.4 is 0 Å². The Morgan fingerprint density at radius 3 is 2.53 bits per heavy atom. The summed E-state index contributed by atoms with van der Waals surface area (Å²) in [6.07, 6.45) is -4.51. The van der Waals surface area contributed by atoms with Gasteiger partial charge in [0, 0.05) is 5.56 Å². The molecule has 0 spiro atoms. The van der Waals surface area contributed by atoms with Crippen LogP contribution in [-0.4, -0.2) is 21.3 Å². The van der Waals surface area contributed by atoms with Gasteiger partial charge in [0.2, 0.25) is 0 Å². The van der Waals surface area contributed by atoms with Crippen molar-refractivity contribution in [1.82, 2.24) is 10.2 Å². The number of aromatic nitrogens is 2. The lowest BCUT2D eigenvalue weighted by molar-refractivity contribution is -0.137. The minimum absolute atomic E-state index is 0.0141. The van der Waals surface area contributed by atoms with Crippen molar-refractivity contribution in [3.8, 4) is 11.3 Å². The molecule has 0 aliphatic heterocycles. The van der Waals surface area contributed by atoms with Gasteiger partial charge in [0.1, 0.15) is 5.69 Å². The number of aromatic carboxylic acids is 1. The predicted molar refractivity (Wildman–Crippen MR) is 61.0 cm³/mol. The first-order chi connectivity index (χ1) is 8.79. The van der Waals surface area contributed by atoms with Gasteiger partial charge in [0.25, 0.3) is 0 Å². The van der Waals surface area contributed by atoms with Gasteiger partial charge in [-0.2, -0.15) is 18.3 Å². The van der Waals surface area contributed by atoms with Gasteiger partial charge >= 0.3 is 12.1 Å². The minimum Gasteiger partial charge on any atom is -0.477 e. The van der Waals surface area contributed by atoms with E-state index in [9.17, 15) is 18.0 Å². The van der Waals surface area contributed by atoms with Crippen molar-refractivity contribution in [2.45, 2.75) is 6.18 Å². The molecule has 0 unspecified atom stereocenters. The zero-order valence-corrected chi connectivity index (χ0v) is 9.88. The van der Waals surface area contributed by atoms with Crippen LogP contribution in [0.4, 0.5) is 13.2 Å². The maximum absolute atomic E-state index is 12.6. The van der Waals surface area contributed by atoms with Crippen molar-refractivity contribution in [2.24, 2.45) is 0 Å². The first kappa shape index (κ1) is 13.4. The summed E-state index contributed by atoms with van der Waals surface area (Å²) in [6, 6.07) is 3.87. The van der Waals surface area contributed by atoms with E-state index in [1.165, 1.54) is 0 Å². The average Bonchev–Trinajstić information content (AvgIpc) is 2.77. The Morgan fingerprint density at radius 2 is 2.00 bits per heavy atom. The molecule has 0 radical (unpaired) electrons. The van der Waals surface area contributed by atoms with Gasteiger partial charge in [0.15, 0.2) is 0 Å². The normalized spacial score (nSPS) is 11.6. The molecule has 0 aliphatic rings. The number of carbonyl (C=O) groups is 1. The van der Waals surface area contributed by atoms with Crippen LogP contribution in [0.2, 0.25) is 5.02 Å². The largest absolute Gasteiger partial charge is 0.477 e. The standard InChI is InChI=1S/C11H6ClF3N2O2/c12-7-2-1-5(11(13,14)15)3-6(7)8-4-9(10(18)19)17-16-8/h1-4H,(H,16,17)(H,18,19). The van der Waals surface area contributed by atoms with E-state index >= 15 is 0 Å². The quantitative estimate of drug-likeness (QED) is 0.890. The van der Waals surface area contributed by atoms with Crippen LogP contribution in [0.15, 0.2) is 24.3 Å². The zero-order valence-electron chi connectivity index (χ0n) is 9.12. The Morgan fingerprint density at radius 1 is 1.32 bits per heavy atom. The number of nitrogens with one attached hydrogen (secondary N) is 1. The lowest BCUT2D eigenvalue weighted by Crippen LogP contribution is -2.04. The Labute approximate surface area is 109 Å². The summed E-state index contributed by atoms with van der Waals surface area (Å²) >= 11 is 5.80. The molecule has 1 aromatic carbocycles. The highest BCUT2D eigenvalue weighted by atomic mass is 35.5. The summed E-state index contributed by atoms with van der Waals surface area (Å²) in [7, 11) is 0. The monoisotopic (exact) mass is 290 g/mol. The highest BCUT2D eigenvalue weighted by Crippen LogP contribution is 2.35. The predicted octanol–water partition coefficient (Wildman–Crippen LogP) is 3.45. The minimum atomic E-state index is -4.51. The van der Waals surface area contributed by atoms with Crippen molar-refractivity contribution in [1.29, 1.82) is 0 Å². The molecule has 0 amide bonds. The van der Waals surface area contributed by atoms with Crippen molar-refractivity contribution < 1.29 is 23.1 Å². The Kier molecular flexibility index (Phi) is 3.23. The van der Waals surface area contributed by atoms with Gasteiger partial charge in [0.05, 0.1) is 16.3 Å². The molecule has 0 saturated carbocycles. The Bertz CT molecular complexity index is 637. The molecule has 0 aliphatic carbocycles. The van der Waals surface area contributed by atoms with E-state index in [1.807, 2.05) is 0 Å². The molecular formula is C11H6ClF3N2O2. The number of alkyl halides is 3. The lowest BCUT2D eigenvalue weighted by atomic mass is 10.1. The third kappa shape index (κ3) is 2.70. The Balaban J connectivity index is 2.51. The van der Waals surface area contributed by atoms with Gasteiger partial charge < -0.3 is 5.11 Å². The van der Waals surface area contributed by atoms with Crippen LogP contribution in [0.5, 0.6) is 0 Å². The van der Waals surface area contributed by atoms with Crippen LogP contribution in [0.25, 0.3) is 11.3 Å².